The Balaban J connectivity index is 1.52. The third-order valence-corrected chi connectivity index (χ3v) is 11.0. The number of imidazole rings is 1. The first kappa shape index (κ1) is 44.7. The third kappa shape index (κ3) is 13.5. The topological polar surface area (TPSA) is 364 Å². The molecule has 2 amide bonds. The molecule has 0 aliphatic carbocycles. The largest absolute Gasteiger partial charge is 0.481 e. The summed E-state index contributed by atoms with van der Waals surface area (Å²) < 4.78 is 61.9. The Morgan fingerprint density at radius 2 is 1.77 bits per heavy atom. The number of anilines is 1. The standard InChI is InChI=1S/C25H40N7O17P3S/c1-4-5-16(34)53-9-8-27-15(33)6-7-28-23(37)20(36)25(2,3)11-46-52(43,44)49-51(41,42)45-10-14-19(48-50(38,39)40)18(35)24(47-14)32-13-31-17-21(26)29-12-30-22(17)32/h4-5,12-14,18-20,24,35-36H,6-11H2,1-3H3,(H,27,33)(H,28,37)(H,41,42)(H,43,44)(H2,26,29,30)(H2,38,39,40)/b5-4-/t14-,18-,19-,20-,24-/m1/s1. The Kier molecular flexibility index (Phi) is 15.8. The molecule has 24 nitrogen and oxygen atoms in total. The molecule has 1 fully saturated rings. The highest BCUT2D eigenvalue weighted by atomic mass is 32.2. The van der Waals surface area contributed by atoms with Crippen LogP contribution in [0.5, 0.6) is 0 Å². The van der Waals surface area contributed by atoms with E-state index in [4.69, 9.17) is 19.5 Å². The van der Waals surface area contributed by atoms with Crippen molar-refractivity contribution in [3.05, 3.63) is 24.8 Å². The van der Waals surface area contributed by atoms with E-state index in [9.17, 15) is 57.9 Å². The zero-order valence-corrected chi connectivity index (χ0v) is 31.7. The minimum Gasteiger partial charge on any atom is -0.386 e. The fourth-order valence-corrected chi connectivity index (χ4v) is 7.93. The summed E-state index contributed by atoms with van der Waals surface area (Å²) in [5.74, 6) is -1.13. The van der Waals surface area contributed by atoms with Crippen molar-refractivity contribution in [1.82, 2.24) is 30.2 Å². The number of thioether (sulfide) groups is 1. The van der Waals surface area contributed by atoms with E-state index in [1.807, 2.05) is 0 Å². The van der Waals surface area contributed by atoms with Crippen LogP contribution in [-0.2, 0) is 50.7 Å². The van der Waals surface area contributed by atoms with Crippen molar-refractivity contribution >= 4 is 69.1 Å². The molecule has 0 bridgehead atoms. The number of nitrogens with two attached hydrogens (primary N) is 1. The van der Waals surface area contributed by atoms with Crippen molar-refractivity contribution in [2.24, 2.45) is 5.41 Å². The maximum absolute atomic E-state index is 12.6. The van der Waals surface area contributed by atoms with Gasteiger partial charge in [-0.1, -0.05) is 31.7 Å². The van der Waals surface area contributed by atoms with Gasteiger partial charge in [-0.2, -0.15) is 4.31 Å². The number of phosphoric acid groups is 3. The molecule has 298 valence electrons. The van der Waals surface area contributed by atoms with Crippen LogP contribution in [0.15, 0.2) is 24.8 Å². The van der Waals surface area contributed by atoms with Gasteiger partial charge in [0, 0.05) is 30.7 Å². The molecule has 2 aromatic heterocycles. The van der Waals surface area contributed by atoms with Crippen LogP contribution in [-0.4, -0.2) is 123 Å². The predicted molar refractivity (Wildman–Crippen MR) is 182 cm³/mol. The van der Waals surface area contributed by atoms with Gasteiger partial charge in [0.25, 0.3) is 0 Å². The molecule has 3 heterocycles. The SMILES string of the molecule is C/C=C\C(=O)SCCNC(=O)CCNC(=O)[C@@H](O)C(C)(C)COP(=O)(O)OP(=O)(O)OC[C@H]1O[C@@H](n2cnc3c(N)ncnc32)[C@H](O)[C@@H]1OP(=O)(O)O. The number of aliphatic hydroxyl groups is 2. The molecule has 0 aromatic carbocycles. The molecule has 0 radical (unpaired) electrons. The van der Waals surface area contributed by atoms with Gasteiger partial charge in [-0.05, 0) is 13.0 Å². The highest BCUT2D eigenvalue weighted by Crippen LogP contribution is 2.61. The molecule has 7 atom stereocenters. The van der Waals surface area contributed by atoms with E-state index in [-0.39, 0.29) is 41.6 Å². The minimum atomic E-state index is -5.56. The van der Waals surface area contributed by atoms with Crippen molar-refractivity contribution in [3.63, 3.8) is 0 Å². The lowest BCUT2D eigenvalue weighted by molar-refractivity contribution is -0.137. The number of ether oxygens (including phenoxy) is 1. The number of nitrogens with one attached hydrogen (secondary N) is 2. The summed E-state index contributed by atoms with van der Waals surface area (Å²) in [6.45, 7) is 2.17. The molecule has 1 aliphatic rings. The summed E-state index contributed by atoms with van der Waals surface area (Å²) in [6, 6.07) is 0. The number of rotatable bonds is 20. The number of allylic oxidation sites excluding steroid dienone is 1. The lowest BCUT2D eigenvalue weighted by Crippen LogP contribution is -2.46. The molecule has 0 saturated carbocycles. The lowest BCUT2D eigenvalue weighted by Gasteiger charge is -2.30. The Morgan fingerprint density at radius 1 is 1.09 bits per heavy atom. The highest BCUT2D eigenvalue weighted by molar-refractivity contribution is 8.14. The van der Waals surface area contributed by atoms with E-state index in [1.54, 1.807) is 13.0 Å². The Bertz CT molecular complexity index is 1790. The average Bonchev–Trinajstić information content (AvgIpc) is 3.61. The summed E-state index contributed by atoms with van der Waals surface area (Å²) >= 11 is 1.01. The van der Waals surface area contributed by atoms with E-state index < -0.39 is 84.6 Å². The van der Waals surface area contributed by atoms with Gasteiger partial charge >= 0.3 is 23.5 Å². The second kappa shape index (κ2) is 18.8. The van der Waals surface area contributed by atoms with Gasteiger partial charge in [-0.25, -0.2) is 28.6 Å². The summed E-state index contributed by atoms with van der Waals surface area (Å²) in [6.07, 6.45) is -3.94. The van der Waals surface area contributed by atoms with Gasteiger partial charge in [0.15, 0.2) is 17.7 Å². The van der Waals surface area contributed by atoms with E-state index in [0.717, 1.165) is 29.0 Å². The first-order chi connectivity index (χ1) is 24.6. The molecular weight excluding hydrogens is 795 g/mol. The Hall–Kier alpha value is -2.70. The third-order valence-electron chi connectivity index (χ3n) is 7.05. The number of nitrogens with zero attached hydrogens (tertiary/aromatic N) is 4. The molecule has 1 saturated heterocycles. The van der Waals surface area contributed by atoms with Crippen LogP contribution < -0.4 is 16.4 Å². The minimum absolute atomic E-state index is 0.0300. The number of hydrogen-bond acceptors (Lipinski definition) is 18. The molecule has 0 spiro atoms. The van der Waals surface area contributed by atoms with Crippen molar-refractivity contribution in [1.29, 1.82) is 0 Å². The molecule has 28 heteroatoms. The van der Waals surface area contributed by atoms with E-state index in [0.29, 0.717) is 5.75 Å². The van der Waals surface area contributed by atoms with Gasteiger partial charge in [0.2, 0.25) is 16.9 Å². The number of aromatic nitrogens is 4. The molecule has 1 aliphatic heterocycles. The normalized spacial score (nSPS) is 22.4. The van der Waals surface area contributed by atoms with E-state index >= 15 is 0 Å². The van der Waals surface area contributed by atoms with Crippen molar-refractivity contribution in [2.75, 3.05) is 37.8 Å². The van der Waals surface area contributed by atoms with Gasteiger partial charge in [-0.3, -0.25) is 32.5 Å². The summed E-state index contributed by atoms with van der Waals surface area (Å²) in [7, 11) is -16.4. The van der Waals surface area contributed by atoms with Crippen LogP contribution in [0.1, 0.15) is 33.4 Å². The number of hydrogen-bond donors (Lipinski definition) is 9. The number of nitrogen functional groups attached to an aromatic ring is 1. The van der Waals surface area contributed by atoms with Crippen molar-refractivity contribution < 1.29 is 80.5 Å². The highest BCUT2D eigenvalue weighted by Gasteiger charge is 2.50. The van der Waals surface area contributed by atoms with Crippen molar-refractivity contribution in [3.8, 4) is 0 Å². The van der Waals surface area contributed by atoms with Gasteiger partial charge in [0.1, 0.15) is 36.3 Å². The number of amides is 2. The fraction of sp³-hybridized carbons (Fsp3) is 0.600. The average molecular weight is 836 g/mol. The monoisotopic (exact) mass is 835 g/mol. The lowest BCUT2D eigenvalue weighted by atomic mass is 9.87. The molecule has 2 unspecified atom stereocenters. The molecule has 10 N–H and O–H groups in total. The number of carbonyl (C=O) groups excluding carboxylic acids is 3. The summed E-state index contributed by atoms with van der Waals surface area (Å²) in [5, 5.41) is 26.1. The number of fused-ring (bicyclic) bond motifs is 1. The van der Waals surface area contributed by atoms with Gasteiger partial charge in [0.05, 0.1) is 19.5 Å². The van der Waals surface area contributed by atoms with Gasteiger partial charge in [-0.15, -0.1) is 0 Å². The summed E-state index contributed by atoms with van der Waals surface area (Å²) in [4.78, 5) is 86.7. The molecular formula is C25H40N7O17P3S. The predicted octanol–water partition coefficient (Wildman–Crippen LogP) is -0.759. The van der Waals surface area contributed by atoms with E-state index in [1.165, 1.54) is 19.9 Å². The van der Waals surface area contributed by atoms with Crippen LogP contribution in [0.4, 0.5) is 5.82 Å². The van der Waals surface area contributed by atoms with Crippen LogP contribution in [0, 0.1) is 5.41 Å². The van der Waals surface area contributed by atoms with Crippen LogP contribution in [0.2, 0.25) is 0 Å². The van der Waals surface area contributed by atoms with Crippen molar-refractivity contribution in [2.45, 2.75) is 57.8 Å². The maximum atomic E-state index is 12.6. The van der Waals surface area contributed by atoms with Crippen LogP contribution >= 0.6 is 35.2 Å². The Labute approximate surface area is 305 Å². The first-order valence-corrected chi connectivity index (χ1v) is 20.7. The number of aliphatic hydroxyl groups excluding tert-OH is 2. The van der Waals surface area contributed by atoms with Gasteiger partial charge < -0.3 is 50.9 Å². The van der Waals surface area contributed by atoms with E-state index in [2.05, 4.69) is 34.4 Å². The zero-order chi connectivity index (χ0) is 39.8. The molecule has 2 aromatic rings. The fourth-order valence-electron chi connectivity index (χ4n) is 4.47. The zero-order valence-electron chi connectivity index (χ0n) is 28.2. The Morgan fingerprint density at radius 3 is 2.43 bits per heavy atom. The second-order valence-electron chi connectivity index (χ2n) is 11.7. The number of phosphoric ester groups is 3. The maximum Gasteiger partial charge on any atom is 0.481 e. The molecule has 3 rings (SSSR count). The van der Waals surface area contributed by atoms with Crippen LogP contribution in [0.3, 0.4) is 0 Å². The first-order valence-electron chi connectivity index (χ1n) is 15.2. The van der Waals surface area contributed by atoms with Crippen LogP contribution in [0.25, 0.3) is 11.2 Å². The quantitative estimate of drug-likeness (QED) is 0.0449. The molecule has 53 heavy (non-hydrogen) atoms. The number of carbonyl (C=O) groups is 3. The summed E-state index contributed by atoms with van der Waals surface area (Å²) in [5.41, 5.74) is 4.26. The smallest absolute Gasteiger partial charge is 0.386 e. The second-order valence-corrected chi connectivity index (χ2v) is 17.1.